The van der Waals surface area contributed by atoms with Gasteiger partial charge in [-0.3, -0.25) is 4.98 Å². The molecule has 0 spiro atoms. The molecule has 4 rings (SSSR count). The van der Waals surface area contributed by atoms with Crippen molar-refractivity contribution in [3.8, 4) is 5.75 Å². The van der Waals surface area contributed by atoms with Crippen molar-refractivity contribution in [2.75, 3.05) is 0 Å². The Labute approximate surface area is 168 Å². The van der Waals surface area contributed by atoms with E-state index in [1.165, 1.54) is 0 Å². The Kier molecular flexibility index (Phi) is 5.29. The van der Waals surface area contributed by atoms with Crippen molar-refractivity contribution in [3.05, 3.63) is 102 Å². The van der Waals surface area contributed by atoms with E-state index in [1.807, 2.05) is 36.4 Å². The van der Waals surface area contributed by atoms with E-state index >= 15 is 0 Å². The molecule has 0 bridgehead atoms. The second-order valence-corrected chi connectivity index (χ2v) is 6.45. The lowest BCUT2D eigenvalue weighted by molar-refractivity contribution is -0.130. The van der Waals surface area contributed by atoms with Gasteiger partial charge in [0.2, 0.25) is 0 Å². The number of hydrogen-bond acceptors (Lipinski definition) is 4. The second kappa shape index (κ2) is 8.35. The van der Waals surface area contributed by atoms with E-state index in [0.717, 1.165) is 22.2 Å². The number of rotatable bonds is 6. The second-order valence-electron chi connectivity index (χ2n) is 6.45. The number of ether oxygens (including phenoxy) is 1. The number of benzene rings is 2. The molecule has 5 heteroatoms. The Morgan fingerprint density at radius 3 is 2.45 bits per heavy atom. The van der Waals surface area contributed by atoms with E-state index in [1.54, 1.807) is 54.9 Å². The highest BCUT2D eigenvalue weighted by atomic mass is 16.5. The molecule has 1 N–H and O–H groups in total. The van der Waals surface area contributed by atoms with Gasteiger partial charge in [0.05, 0.1) is 16.8 Å². The summed E-state index contributed by atoms with van der Waals surface area (Å²) in [6.07, 6.45) is 4.88. The van der Waals surface area contributed by atoms with Gasteiger partial charge >= 0.3 is 5.97 Å². The summed E-state index contributed by atoms with van der Waals surface area (Å²) in [4.78, 5) is 20.2. The average molecular weight is 382 g/mol. The number of carbonyl (C=O) groups is 1. The summed E-state index contributed by atoms with van der Waals surface area (Å²) in [5.41, 5.74) is 3.34. The van der Waals surface area contributed by atoms with Crippen LogP contribution < -0.4 is 4.74 Å². The molecule has 2 aromatic heterocycles. The molecule has 0 aliphatic heterocycles. The number of aliphatic carboxylic acids is 1. The fourth-order valence-corrected chi connectivity index (χ4v) is 2.97. The molecule has 0 fully saturated rings. The molecule has 0 saturated heterocycles. The van der Waals surface area contributed by atoms with Crippen LogP contribution in [0.15, 0.2) is 85.2 Å². The number of aromatic nitrogens is 2. The molecule has 0 unspecified atom stereocenters. The zero-order valence-corrected chi connectivity index (χ0v) is 15.5. The van der Waals surface area contributed by atoms with Gasteiger partial charge < -0.3 is 9.84 Å². The summed E-state index contributed by atoms with van der Waals surface area (Å²) in [5, 5.41) is 10.7. The normalized spacial score (nSPS) is 11.4. The smallest absolute Gasteiger partial charge is 0.336 e. The van der Waals surface area contributed by atoms with Gasteiger partial charge in [0, 0.05) is 17.8 Å². The number of pyridine rings is 2. The largest absolute Gasteiger partial charge is 0.487 e. The molecule has 0 radical (unpaired) electrons. The number of carboxylic acid groups (broad SMARTS) is 1. The highest BCUT2D eigenvalue weighted by molar-refractivity contribution is 6.20. The Morgan fingerprint density at radius 2 is 1.69 bits per heavy atom. The molecule has 0 saturated carbocycles. The van der Waals surface area contributed by atoms with Gasteiger partial charge in [-0.15, -0.1) is 0 Å². The van der Waals surface area contributed by atoms with Crippen LogP contribution in [0.1, 0.15) is 16.8 Å². The van der Waals surface area contributed by atoms with Crippen LogP contribution in [-0.4, -0.2) is 21.0 Å². The third kappa shape index (κ3) is 4.47. The maximum atomic E-state index is 11.7. The zero-order valence-electron chi connectivity index (χ0n) is 15.5. The maximum Gasteiger partial charge on any atom is 0.336 e. The first-order chi connectivity index (χ1) is 14.2. The average Bonchev–Trinajstić information content (AvgIpc) is 2.77. The molecule has 0 aliphatic rings. The van der Waals surface area contributed by atoms with E-state index in [-0.39, 0.29) is 5.57 Å². The van der Waals surface area contributed by atoms with E-state index in [4.69, 9.17) is 4.74 Å². The molecule has 0 aliphatic carbocycles. The lowest BCUT2D eigenvalue weighted by atomic mass is 10.0. The number of nitrogens with zero attached hydrogens (tertiary/aromatic N) is 2. The van der Waals surface area contributed by atoms with Crippen LogP contribution in [0.5, 0.6) is 5.75 Å². The Bertz CT molecular complexity index is 1170. The standard InChI is InChI=1S/C24H18N2O3/c27-24(28)22(15-17-11-13-25-14-12-17)18-6-9-21(10-7-18)29-16-20-8-5-19-3-1-2-4-23(19)26-20/h1-15H,16H2,(H,27,28)/b22-15+. The summed E-state index contributed by atoms with van der Waals surface area (Å²) in [6.45, 7) is 0.336. The number of fused-ring (bicyclic) bond motifs is 1. The van der Waals surface area contributed by atoms with Crippen molar-refractivity contribution >= 4 is 28.5 Å². The van der Waals surface area contributed by atoms with Crippen LogP contribution >= 0.6 is 0 Å². The molecule has 2 aromatic carbocycles. The maximum absolute atomic E-state index is 11.7. The Hall–Kier alpha value is -3.99. The van der Waals surface area contributed by atoms with Crippen LogP contribution in [-0.2, 0) is 11.4 Å². The van der Waals surface area contributed by atoms with Crippen molar-refractivity contribution in [2.24, 2.45) is 0 Å². The van der Waals surface area contributed by atoms with Crippen molar-refractivity contribution in [1.29, 1.82) is 0 Å². The fourth-order valence-electron chi connectivity index (χ4n) is 2.97. The molecular formula is C24H18N2O3. The first kappa shape index (κ1) is 18.4. The lowest BCUT2D eigenvalue weighted by Gasteiger charge is -2.08. The lowest BCUT2D eigenvalue weighted by Crippen LogP contribution is -2.01. The Balaban J connectivity index is 1.49. The van der Waals surface area contributed by atoms with Crippen molar-refractivity contribution in [2.45, 2.75) is 6.61 Å². The topological polar surface area (TPSA) is 72.3 Å². The number of carboxylic acids is 1. The van der Waals surface area contributed by atoms with Crippen LogP contribution in [0, 0.1) is 0 Å². The summed E-state index contributed by atoms with van der Waals surface area (Å²) in [6, 6.07) is 22.4. The Morgan fingerprint density at radius 1 is 0.931 bits per heavy atom. The van der Waals surface area contributed by atoms with Gasteiger partial charge in [-0.1, -0.05) is 36.4 Å². The van der Waals surface area contributed by atoms with Gasteiger partial charge in [0.1, 0.15) is 12.4 Å². The molecule has 142 valence electrons. The predicted octanol–water partition coefficient (Wildman–Crippen LogP) is 4.83. The third-order valence-electron chi connectivity index (χ3n) is 4.46. The van der Waals surface area contributed by atoms with Gasteiger partial charge in [0.25, 0.3) is 0 Å². The summed E-state index contributed by atoms with van der Waals surface area (Å²) in [5.74, 6) is -0.340. The molecule has 4 aromatic rings. The molecule has 0 amide bonds. The minimum absolute atomic E-state index is 0.207. The third-order valence-corrected chi connectivity index (χ3v) is 4.46. The van der Waals surface area contributed by atoms with Gasteiger partial charge in [0.15, 0.2) is 0 Å². The molecular weight excluding hydrogens is 364 g/mol. The summed E-state index contributed by atoms with van der Waals surface area (Å²) in [7, 11) is 0. The molecule has 2 heterocycles. The fraction of sp³-hybridized carbons (Fsp3) is 0.0417. The molecule has 29 heavy (non-hydrogen) atoms. The van der Waals surface area contributed by atoms with Gasteiger partial charge in [-0.2, -0.15) is 0 Å². The highest BCUT2D eigenvalue weighted by Gasteiger charge is 2.11. The van der Waals surface area contributed by atoms with Crippen molar-refractivity contribution in [1.82, 2.24) is 9.97 Å². The number of hydrogen-bond donors (Lipinski definition) is 1. The first-order valence-electron chi connectivity index (χ1n) is 9.12. The van der Waals surface area contributed by atoms with E-state index in [0.29, 0.717) is 17.9 Å². The van der Waals surface area contributed by atoms with Crippen LogP contribution in [0.2, 0.25) is 0 Å². The quantitative estimate of drug-likeness (QED) is 0.483. The SMILES string of the molecule is O=C(O)/C(=C/c1ccncc1)c1ccc(OCc2ccc3ccccc3n2)cc1. The minimum atomic E-state index is -0.990. The monoisotopic (exact) mass is 382 g/mol. The predicted molar refractivity (Wildman–Crippen MR) is 112 cm³/mol. The minimum Gasteiger partial charge on any atom is -0.487 e. The zero-order chi connectivity index (χ0) is 20.1. The van der Waals surface area contributed by atoms with E-state index in [9.17, 15) is 9.90 Å². The van der Waals surface area contributed by atoms with Crippen molar-refractivity contribution in [3.63, 3.8) is 0 Å². The number of para-hydroxylation sites is 1. The highest BCUT2D eigenvalue weighted by Crippen LogP contribution is 2.22. The summed E-state index contributed by atoms with van der Waals surface area (Å²) < 4.78 is 5.82. The van der Waals surface area contributed by atoms with E-state index < -0.39 is 5.97 Å². The molecule has 5 nitrogen and oxygen atoms in total. The van der Waals surface area contributed by atoms with Crippen LogP contribution in [0.3, 0.4) is 0 Å². The van der Waals surface area contributed by atoms with Gasteiger partial charge in [-0.05, 0) is 53.6 Å². The summed E-state index contributed by atoms with van der Waals surface area (Å²) >= 11 is 0. The van der Waals surface area contributed by atoms with E-state index in [2.05, 4.69) is 9.97 Å². The first-order valence-corrected chi connectivity index (χ1v) is 9.12. The van der Waals surface area contributed by atoms with Gasteiger partial charge in [-0.25, -0.2) is 9.78 Å². The van der Waals surface area contributed by atoms with Crippen LogP contribution in [0.25, 0.3) is 22.6 Å². The van der Waals surface area contributed by atoms with Crippen molar-refractivity contribution < 1.29 is 14.6 Å². The van der Waals surface area contributed by atoms with Crippen LogP contribution in [0.4, 0.5) is 0 Å². The molecule has 0 atom stereocenters.